The molecule has 7 nitrogen and oxygen atoms in total. The third kappa shape index (κ3) is 3.93. The third-order valence-corrected chi connectivity index (χ3v) is 3.62. The summed E-state index contributed by atoms with van der Waals surface area (Å²) in [4.78, 5) is 33.4. The van der Waals surface area contributed by atoms with Crippen molar-refractivity contribution in [2.75, 3.05) is 5.32 Å². The lowest BCUT2D eigenvalue weighted by molar-refractivity contribution is -0.140. The maximum Gasteiger partial charge on any atom is 0.326 e. The molecule has 0 bridgehead atoms. The second-order valence-electron chi connectivity index (χ2n) is 4.33. The number of amides is 3. The van der Waals surface area contributed by atoms with Gasteiger partial charge in [-0.05, 0) is 35.0 Å². The summed E-state index contributed by atoms with van der Waals surface area (Å²) in [5.41, 5.74) is 5.47. The Balaban J connectivity index is 2.02. The van der Waals surface area contributed by atoms with Crippen LogP contribution in [0.3, 0.4) is 0 Å². The predicted molar refractivity (Wildman–Crippen MR) is 79.2 cm³/mol. The van der Waals surface area contributed by atoms with Gasteiger partial charge in [-0.2, -0.15) is 0 Å². The summed E-state index contributed by atoms with van der Waals surface area (Å²) >= 11 is 1.58. The molecule has 0 unspecified atom stereocenters. The summed E-state index contributed by atoms with van der Waals surface area (Å²) in [7, 11) is 0. The summed E-state index contributed by atoms with van der Waals surface area (Å²) in [6.07, 6.45) is -0.466. The van der Waals surface area contributed by atoms with Crippen LogP contribution in [0.5, 0.6) is 0 Å². The molecule has 3 amide bonds. The number of hydrogen-bond donors (Lipinski definition) is 4. The number of aliphatic carboxylic acids is 1. The number of anilines is 1. The van der Waals surface area contributed by atoms with E-state index < -0.39 is 30.4 Å². The van der Waals surface area contributed by atoms with Crippen molar-refractivity contribution in [2.24, 2.45) is 5.73 Å². The molecule has 0 radical (unpaired) electrons. The topological polar surface area (TPSA) is 122 Å². The fraction of sp³-hybridized carbons (Fsp3) is 0.154. The number of primary amides is 1. The first-order valence-electron chi connectivity index (χ1n) is 6.01. The Hall–Kier alpha value is -2.61. The van der Waals surface area contributed by atoms with Crippen LogP contribution < -0.4 is 16.4 Å². The van der Waals surface area contributed by atoms with Gasteiger partial charge in [0, 0.05) is 10.4 Å². The van der Waals surface area contributed by atoms with Gasteiger partial charge in [-0.3, -0.25) is 4.79 Å². The average Bonchev–Trinajstić information content (AvgIpc) is 2.84. The lowest BCUT2D eigenvalue weighted by Crippen LogP contribution is -2.45. The number of carboxylic acid groups (broad SMARTS) is 1. The largest absolute Gasteiger partial charge is 0.480 e. The summed E-state index contributed by atoms with van der Waals surface area (Å²) in [6, 6.07) is 5.19. The molecule has 1 aromatic carbocycles. The van der Waals surface area contributed by atoms with E-state index in [9.17, 15) is 14.4 Å². The lowest BCUT2D eigenvalue weighted by Gasteiger charge is -2.13. The highest BCUT2D eigenvalue weighted by atomic mass is 32.1. The number of rotatable bonds is 5. The molecule has 0 spiro atoms. The number of hydrogen-bond acceptors (Lipinski definition) is 4. The number of carboxylic acids is 1. The van der Waals surface area contributed by atoms with Gasteiger partial charge in [0.15, 0.2) is 0 Å². The van der Waals surface area contributed by atoms with Crippen molar-refractivity contribution in [3.05, 3.63) is 29.6 Å². The molecule has 21 heavy (non-hydrogen) atoms. The second kappa shape index (κ2) is 6.23. The van der Waals surface area contributed by atoms with Crippen molar-refractivity contribution in [2.45, 2.75) is 12.5 Å². The molecule has 5 N–H and O–H groups in total. The van der Waals surface area contributed by atoms with Crippen molar-refractivity contribution < 1.29 is 19.5 Å². The van der Waals surface area contributed by atoms with Crippen LogP contribution >= 0.6 is 11.3 Å². The molecule has 1 heterocycles. The molecule has 1 aromatic heterocycles. The molecule has 0 saturated heterocycles. The fourth-order valence-electron chi connectivity index (χ4n) is 1.77. The molecule has 2 rings (SSSR count). The van der Waals surface area contributed by atoms with E-state index in [2.05, 4.69) is 10.6 Å². The Morgan fingerprint density at radius 1 is 1.29 bits per heavy atom. The summed E-state index contributed by atoms with van der Waals surface area (Å²) in [5.74, 6) is -2.13. The molecule has 2 aromatic rings. The number of benzene rings is 1. The molecule has 0 aliphatic carbocycles. The van der Waals surface area contributed by atoms with E-state index >= 15 is 0 Å². The summed E-state index contributed by atoms with van der Waals surface area (Å²) in [5, 5.41) is 16.5. The molecule has 0 fully saturated rings. The van der Waals surface area contributed by atoms with Gasteiger partial charge in [0.05, 0.1) is 6.42 Å². The van der Waals surface area contributed by atoms with Gasteiger partial charge in [0.1, 0.15) is 6.04 Å². The predicted octanol–water partition coefficient (Wildman–Crippen LogP) is 1.35. The SMILES string of the molecule is NC(=O)C[C@@H](NC(=O)Nc1ccc2sccc2c1)C(=O)O. The van der Waals surface area contributed by atoms with E-state index in [0.717, 1.165) is 10.1 Å². The molecule has 0 aliphatic heterocycles. The Morgan fingerprint density at radius 3 is 2.71 bits per heavy atom. The Bertz CT molecular complexity index is 698. The number of carbonyl (C=O) groups is 3. The number of thiophene rings is 1. The molecule has 0 saturated carbocycles. The monoisotopic (exact) mass is 307 g/mol. The van der Waals surface area contributed by atoms with E-state index in [4.69, 9.17) is 10.8 Å². The lowest BCUT2D eigenvalue weighted by atomic mass is 10.2. The molecule has 1 atom stereocenters. The highest BCUT2D eigenvalue weighted by Gasteiger charge is 2.22. The van der Waals surface area contributed by atoms with Gasteiger partial charge in [-0.1, -0.05) is 0 Å². The first-order valence-corrected chi connectivity index (χ1v) is 6.89. The third-order valence-electron chi connectivity index (χ3n) is 2.72. The van der Waals surface area contributed by atoms with Crippen LogP contribution in [0.25, 0.3) is 10.1 Å². The zero-order valence-electron chi connectivity index (χ0n) is 10.8. The Kier molecular flexibility index (Phi) is 4.39. The number of fused-ring (bicyclic) bond motifs is 1. The van der Waals surface area contributed by atoms with Crippen molar-refractivity contribution in [1.29, 1.82) is 0 Å². The maximum atomic E-state index is 11.7. The van der Waals surface area contributed by atoms with Crippen molar-refractivity contribution in [3.63, 3.8) is 0 Å². The van der Waals surface area contributed by atoms with Gasteiger partial charge < -0.3 is 21.5 Å². The van der Waals surface area contributed by atoms with Crippen LogP contribution in [0.4, 0.5) is 10.5 Å². The smallest absolute Gasteiger partial charge is 0.326 e. The van der Waals surface area contributed by atoms with Gasteiger partial charge in [-0.15, -0.1) is 11.3 Å². The summed E-state index contributed by atoms with van der Waals surface area (Å²) in [6.45, 7) is 0. The highest BCUT2D eigenvalue weighted by molar-refractivity contribution is 7.17. The minimum atomic E-state index is -1.35. The average molecular weight is 307 g/mol. The van der Waals surface area contributed by atoms with Crippen LogP contribution in [0.2, 0.25) is 0 Å². The standard InChI is InChI=1S/C13H13N3O4S/c14-11(17)6-9(12(18)19)16-13(20)15-8-1-2-10-7(5-8)3-4-21-10/h1-5,9H,6H2,(H2,14,17)(H,18,19)(H2,15,16,20)/t9-/m1/s1. The number of nitrogens with one attached hydrogen (secondary N) is 2. The number of nitrogens with two attached hydrogens (primary N) is 1. The van der Waals surface area contributed by atoms with Gasteiger partial charge in [0.25, 0.3) is 0 Å². The zero-order valence-corrected chi connectivity index (χ0v) is 11.6. The normalized spacial score (nSPS) is 11.8. The Morgan fingerprint density at radius 2 is 2.05 bits per heavy atom. The molecule has 0 aliphatic rings. The first kappa shape index (κ1) is 14.8. The number of carbonyl (C=O) groups excluding carboxylic acids is 2. The van der Waals surface area contributed by atoms with Crippen LogP contribution in [-0.2, 0) is 9.59 Å². The van der Waals surface area contributed by atoms with E-state index in [0.29, 0.717) is 5.69 Å². The van der Waals surface area contributed by atoms with Crippen LogP contribution in [0.1, 0.15) is 6.42 Å². The van der Waals surface area contributed by atoms with Crippen LogP contribution in [0.15, 0.2) is 29.6 Å². The van der Waals surface area contributed by atoms with Gasteiger partial charge >= 0.3 is 12.0 Å². The van der Waals surface area contributed by atoms with E-state index in [1.807, 2.05) is 17.5 Å². The van der Waals surface area contributed by atoms with E-state index in [1.54, 1.807) is 23.5 Å². The number of urea groups is 1. The van der Waals surface area contributed by atoms with Crippen molar-refractivity contribution in [3.8, 4) is 0 Å². The first-order chi connectivity index (χ1) is 9.95. The quantitative estimate of drug-likeness (QED) is 0.666. The highest BCUT2D eigenvalue weighted by Crippen LogP contribution is 2.23. The minimum Gasteiger partial charge on any atom is -0.480 e. The molecular weight excluding hydrogens is 294 g/mol. The minimum absolute atomic E-state index is 0.466. The molecule has 110 valence electrons. The fourth-order valence-corrected chi connectivity index (χ4v) is 2.54. The van der Waals surface area contributed by atoms with E-state index in [1.165, 1.54) is 0 Å². The second-order valence-corrected chi connectivity index (χ2v) is 5.28. The van der Waals surface area contributed by atoms with Crippen LogP contribution in [-0.4, -0.2) is 29.1 Å². The molecular formula is C13H13N3O4S. The summed E-state index contributed by atoms with van der Waals surface area (Å²) < 4.78 is 1.08. The Labute approximate surface area is 123 Å². The maximum absolute atomic E-state index is 11.7. The van der Waals surface area contributed by atoms with E-state index in [-0.39, 0.29) is 0 Å². The zero-order chi connectivity index (χ0) is 15.4. The van der Waals surface area contributed by atoms with Crippen molar-refractivity contribution >= 4 is 45.0 Å². The van der Waals surface area contributed by atoms with Crippen LogP contribution in [0, 0.1) is 0 Å². The van der Waals surface area contributed by atoms with Gasteiger partial charge in [-0.25, -0.2) is 9.59 Å². The molecule has 8 heteroatoms. The van der Waals surface area contributed by atoms with Gasteiger partial charge in [0.2, 0.25) is 5.91 Å². The van der Waals surface area contributed by atoms with Crippen molar-refractivity contribution in [1.82, 2.24) is 5.32 Å².